The number of hydrogen-bond acceptors (Lipinski definition) is 4. The number of para-hydroxylation sites is 2. The Morgan fingerprint density at radius 2 is 1.80 bits per heavy atom. The summed E-state index contributed by atoms with van der Waals surface area (Å²) in [7, 11) is 1.66. The summed E-state index contributed by atoms with van der Waals surface area (Å²) in [6, 6.07) is 7.56. The molecule has 1 aliphatic heterocycles. The molecule has 25 heavy (non-hydrogen) atoms. The van der Waals surface area contributed by atoms with Crippen molar-refractivity contribution in [1.82, 2.24) is 10.2 Å². The van der Waals surface area contributed by atoms with Gasteiger partial charge in [0.15, 0.2) is 11.5 Å². The smallest absolute Gasteiger partial charge is 0.222 e. The van der Waals surface area contributed by atoms with Crippen molar-refractivity contribution in [3.8, 4) is 11.5 Å². The Morgan fingerprint density at radius 1 is 1.16 bits per heavy atom. The minimum atomic E-state index is 0.0347. The van der Waals surface area contributed by atoms with Crippen molar-refractivity contribution < 1.29 is 19.1 Å². The van der Waals surface area contributed by atoms with E-state index in [0.29, 0.717) is 44.9 Å². The number of benzene rings is 1. The Kier molecular flexibility index (Phi) is 7.57. The van der Waals surface area contributed by atoms with E-state index in [0.717, 1.165) is 18.6 Å². The van der Waals surface area contributed by atoms with E-state index in [9.17, 15) is 9.59 Å². The van der Waals surface area contributed by atoms with Gasteiger partial charge in [-0.25, -0.2) is 0 Å². The lowest BCUT2D eigenvalue weighted by molar-refractivity contribution is -0.135. The second-order valence-corrected chi connectivity index (χ2v) is 6.10. The Balaban J connectivity index is 1.69. The van der Waals surface area contributed by atoms with Crippen LogP contribution in [0.5, 0.6) is 11.5 Å². The highest BCUT2D eigenvalue weighted by molar-refractivity contribution is 5.79. The van der Waals surface area contributed by atoms with Gasteiger partial charge >= 0.3 is 0 Å². The van der Waals surface area contributed by atoms with Gasteiger partial charge in [0.1, 0.15) is 0 Å². The normalized spacial score (nSPS) is 14.9. The van der Waals surface area contributed by atoms with Crippen LogP contribution in [-0.4, -0.2) is 50.1 Å². The number of likely N-dealkylation sites (tertiary alicyclic amines) is 1. The zero-order valence-electron chi connectivity index (χ0n) is 15.1. The summed E-state index contributed by atoms with van der Waals surface area (Å²) in [4.78, 5) is 25.7. The van der Waals surface area contributed by atoms with Crippen LogP contribution in [0.25, 0.3) is 0 Å². The van der Waals surface area contributed by atoms with E-state index < -0.39 is 0 Å². The monoisotopic (exact) mass is 348 g/mol. The van der Waals surface area contributed by atoms with Crippen LogP contribution < -0.4 is 14.8 Å². The van der Waals surface area contributed by atoms with E-state index in [1.165, 1.54) is 0 Å². The number of carbonyl (C=O) groups excluding carboxylic acids is 2. The van der Waals surface area contributed by atoms with Crippen molar-refractivity contribution in [2.45, 2.75) is 32.6 Å². The lowest BCUT2D eigenvalue weighted by atomic mass is 9.96. The molecule has 1 aromatic rings. The molecule has 0 unspecified atom stereocenters. The molecule has 1 saturated heterocycles. The summed E-state index contributed by atoms with van der Waals surface area (Å²) in [5.41, 5.74) is 0. The first-order valence-electron chi connectivity index (χ1n) is 8.99. The summed E-state index contributed by atoms with van der Waals surface area (Å²) in [6.07, 6.45) is 2.60. The third kappa shape index (κ3) is 5.66. The van der Waals surface area contributed by atoms with Gasteiger partial charge in [-0.2, -0.15) is 0 Å². The van der Waals surface area contributed by atoms with Crippen molar-refractivity contribution in [3.05, 3.63) is 24.3 Å². The van der Waals surface area contributed by atoms with Gasteiger partial charge in [-0.3, -0.25) is 9.59 Å². The molecular weight excluding hydrogens is 320 g/mol. The third-order valence-electron chi connectivity index (χ3n) is 4.41. The molecular formula is C19H28N2O4. The molecule has 0 aliphatic carbocycles. The second-order valence-electron chi connectivity index (χ2n) is 6.10. The van der Waals surface area contributed by atoms with E-state index in [4.69, 9.17) is 9.47 Å². The van der Waals surface area contributed by atoms with Gasteiger partial charge in [0, 0.05) is 32.5 Å². The minimum Gasteiger partial charge on any atom is -0.490 e. The number of nitrogens with one attached hydrogen (secondary N) is 1. The zero-order chi connectivity index (χ0) is 18.1. The van der Waals surface area contributed by atoms with Crippen LogP contribution in [0.15, 0.2) is 24.3 Å². The number of rotatable bonds is 8. The topological polar surface area (TPSA) is 67.9 Å². The third-order valence-corrected chi connectivity index (χ3v) is 4.41. The van der Waals surface area contributed by atoms with Gasteiger partial charge in [-0.05, 0) is 38.3 Å². The first-order chi connectivity index (χ1) is 12.2. The average Bonchev–Trinajstić information content (AvgIpc) is 2.66. The van der Waals surface area contributed by atoms with E-state index in [1.807, 2.05) is 36.1 Å². The fraction of sp³-hybridized carbons (Fsp3) is 0.579. The van der Waals surface area contributed by atoms with Crippen molar-refractivity contribution in [2.75, 3.05) is 33.4 Å². The van der Waals surface area contributed by atoms with Crippen molar-refractivity contribution in [1.29, 1.82) is 0 Å². The van der Waals surface area contributed by atoms with Gasteiger partial charge in [0.25, 0.3) is 0 Å². The van der Waals surface area contributed by atoms with Crippen LogP contribution in [0, 0.1) is 5.92 Å². The maximum Gasteiger partial charge on any atom is 0.222 e. The molecule has 0 aromatic heterocycles. The molecule has 1 aromatic carbocycles. The molecule has 2 amide bonds. The highest BCUT2D eigenvalue weighted by atomic mass is 16.5. The fourth-order valence-electron chi connectivity index (χ4n) is 3.00. The molecule has 0 radical (unpaired) electrons. The molecule has 1 aliphatic rings. The van der Waals surface area contributed by atoms with Gasteiger partial charge in [-0.15, -0.1) is 0 Å². The van der Waals surface area contributed by atoms with E-state index in [2.05, 4.69) is 5.32 Å². The predicted molar refractivity (Wildman–Crippen MR) is 95.7 cm³/mol. The fourth-order valence-corrected chi connectivity index (χ4v) is 3.00. The number of amides is 2. The first-order valence-corrected chi connectivity index (χ1v) is 8.99. The summed E-state index contributed by atoms with van der Waals surface area (Å²) < 4.78 is 11.3. The largest absolute Gasteiger partial charge is 0.490 e. The van der Waals surface area contributed by atoms with Crippen LogP contribution in [0.2, 0.25) is 0 Å². The standard InChI is InChI=1S/C19H28N2O4/c1-3-24-16-7-4-5-8-17(16)25-14-6-9-18(22)21-12-10-15(11-13-21)19(23)20-2/h4-5,7-8,15H,3,6,9-14H2,1-2H3,(H,20,23). The van der Waals surface area contributed by atoms with E-state index >= 15 is 0 Å². The van der Waals surface area contributed by atoms with Gasteiger partial charge in [0.05, 0.1) is 13.2 Å². The second kappa shape index (κ2) is 9.91. The molecule has 1 heterocycles. The van der Waals surface area contributed by atoms with E-state index in [-0.39, 0.29) is 17.7 Å². The van der Waals surface area contributed by atoms with Crippen LogP contribution in [0.3, 0.4) is 0 Å². The molecule has 1 N–H and O–H groups in total. The molecule has 0 atom stereocenters. The molecule has 6 nitrogen and oxygen atoms in total. The molecule has 2 rings (SSSR count). The Bertz CT molecular complexity index is 568. The number of hydrogen-bond donors (Lipinski definition) is 1. The molecule has 0 spiro atoms. The van der Waals surface area contributed by atoms with Gasteiger partial charge in [-0.1, -0.05) is 12.1 Å². The summed E-state index contributed by atoms with van der Waals surface area (Å²) >= 11 is 0. The maximum atomic E-state index is 12.3. The molecule has 6 heteroatoms. The predicted octanol–water partition coefficient (Wildman–Crippen LogP) is 2.23. The first kappa shape index (κ1) is 19.1. The molecule has 0 saturated carbocycles. The van der Waals surface area contributed by atoms with Crippen molar-refractivity contribution >= 4 is 11.8 Å². The van der Waals surface area contributed by atoms with Gasteiger partial charge in [0.2, 0.25) is 11.8 Å². The van der Waals surface area contributed by atoms with Crippen molar-refractivity contribution in [2.24, 2.45) is 5.92 Å². The quantitative estimate of drug-likeness (QED) is 0.732. The Labute approximate surface area is 149 Å². The lowest BCUT2D eigenvalue weighted by Crippen LogP contribution is -2.42. The summed E-state index contributed by atoms with van der Waals surface area (Å²) in [5, 5.41) is 2.68. The van der Waals surface area contributed by atoms with Crippen LogP contribution >= 0.6 is 0 Å². The molecule has 0 bridgehead atoms. The highest BCUT2D eigenvalue weighted by Crippen LogP contribution is 2.26. The summed E-state index contributed by atoms with van der Waals surface area (Å²) in [5.74, 6) is 1.69. The van der Waals surface area contributed by atoms with E-state index in [1.54, 1.807) is 7.05 Å². The minimum absolute atomic E-state index is 0.0347. The number of piperidine rings is 1. The lowest BCUT2D eigenvalue weighted by Gasteiger charge is -2.31. The zero-order valence-corrected chi connectivity index (χ0v) is 15.1. The SMILES string of the molecule is CCOc1ccccc1OCCCC(=O)N1CCC(C(=O)NC)CC1. The molecule has 1 fully saturated rings. The van der Waals surface area contributed by atoms with Gasteiger partial charge < -0.3 is 19.7 Å². The van der Waals surface area contributed by atoms with Crippen LogP contribution in [0.1, 0.15) is 32.6 Å². The Hall–Kier alpha value is -2.24. The highest BCUT2D eigenvalue weighted by Gasteiger charge is 2.26. The van der Waals surface area contributed by atoms with Crippen LogP contribution in [-0.2, 0) is 9.59 Å². The number of carbonyl (C=O) groups is 2. The Morgan fingerprint density at radius 3 is 2.40 bits per heavy atom. The number of ether oxygens (including phenoxy) is 2. The average molecular weight is 348 g/mol. The number of nitrogens with zero attached hydrogens (tertiary/aromatic N) is 1. The van der Waals surface area contributed by atoms with Crippen LogP contribution in [0.4, 0.5) is 0 Å². The maximum absolute atomic E-state index is 12.3. The molecule has 138 valence electrons. The van der Waals surface area contributed by atoms with Crippen molar-refractivity contribution in [3.63, 3.8) is 0 Å². The summed E-state index contributed by atoms with van der Waals surface area (Å²) in [6.45, 7) is 4.31.